The molecule has 25 heavy (non-hydrogen) atoms. The van der Waals surface area contributed by atoms with Crippen LogP contribution in [-0.4, -0.2) is 44.8 Å². The summed E-state index contributed by atoms with van der Waals surface area (Å²) in [4.78, 5) is 40.1. The van der Waals surface area contributed by atoms with E-state index < -0.39 is 23.7 Å². The Hall–Kier alpha value is -2.84. The third-order valence-electron chi connectivity index (χ3n) is 3.41. The highest BCUT2D eigenvalue weighted by Crippen LogP contribution is 2.10. The molecule has 0 aliphatic carbocycles. The second kappa shape index (κ2) is 6.96. The molecule has 2 rings (SSSR count). The van der Waals surface area contributed by atoms with Crippen LogP contribution in [0, 0.1) is 0 Å². The van der Waals surface area contributed by atoms with Crippen molar-refractivity contribution in [1.29, 1.82) is 0 Å². The molecule has 2 aromatic heterocycles. The fraction of sp³-hybridized carbons (Fsp3) is 0.500. The van der Waals surface area contributed by atoms with Gasteiger partial charge in [-0.15, -0.1) is 0 Å². The van der Waals surface area contributed by atoms with Gasteiger partial charge in [0, 0.05) is 37.8 Å². The van der Waals surface area contributed by atoms with Crippen molar-refractivity contribution in [2.75, 3.05) is 7.11 Å². The number of imidazole rings is 1. The number of fused-ring (bicyclic) bond motifs is 1. The van der Waals surface area contributed by atoms with Crippen molar-refractivity contribution < 1.29 is 19.1 Å². The van der Waals surface area contributed by atoms with Gasteiger partial charge < -0.3 is 19.4 Å². The lowest BCUT2D eigenvalue weighted by Gasteiger charge is -2.22. The summed E-state index contributed by atoms with van der Waals surface area (Å²) < 4.78 is 12.9. The summed E-state index contributed by atoms with van der Waals surface area (Å²) in [6.07, 6.45) is 4.12. The summed E-state index contributed by atoms with van der Waals surface area (Å²) >= 11 is 0. The zero-order valence-electron chi connectivity index (χ0n) is 14.9. The molecule has 0 bridgehead atoms. The van der Waals surface area contributed by atoms with Crippen LogP contribution < -0.4 is 10.9 Å². The number of amides is 1. The normalized spacial score (nSPS) is 12.7. The lowest BCUT2D eigenvalue weighted by molar-refractivity contribution is -0.143. The number of ether oxygens (including phenoxy) is 2. The van der Waals surface area contributed by atoms with Gasteiger partial charge in [-0.2, -0.15) is 0 Å². The Morgan fingerprint density at radius 3 is 2.60 bits per heavy atom. The van der Waals surface area contributed by atoms with Gasteiger partial charge in [0.15, 0.2) is 0 Å². The van der Waals surface area contributed by atoms with Gasteiger partial charge in [0.1, 0.15) is 11.6 Å². The molecule has 1 amide bonds. The Morgan fingerprint density at radius 2 is 2.00 bits per heavy atom. The fourth-order valence-corrected chi connectivity index (χ4v) is 2.26. The summed E-state index contributed by atoms with van der Waals surface area (Å²) in [5.74, 6) is -0.621. The van der Waals surface area contributed by atoms with Gasteiger partial charge in [0.2, 0.25) is 5.65 Å². The fourth-order valence-electron chi connectivity index (χ4n) is 2.26. The molecule has 0 unspecified atom stereocenters. The molecule has 0 fully saturated rings. The summed E-state index contributed by atoms with van der Waals surface area (Å²) in [6.45, 7) is 5.17. The molecule has 0 aromatic carbocycles. The number of aryl methyl sites for hydroxylation is 1. The van der Waals surface area contributed by atoms with E-state index in [1.54, 1.807) is 44.6 Å². The minimum atomic E-state index is -0.969. The van der Waals surface area contributed by atoms with E-state index in [0.29, 0.717) is 5.69 Å². The van der Waals surface area contributed by atoms with E-state index in [-0.39, 0.29) is 17.6 Å². The first kappa shape index (κ1) is 18.5. The van der Waals surface area contributed by atoms with Crippen molar-refractivity contribution in [3.63, 3.8) is 0 Å². The summed E-state index contributed by atoms with van der Waals surface area (Å²) in [6, 6.07) is -0.969. The van der Waals surface area contributed by atoms with Gasteiger partial charge >= 0.3 is 12.1 Å². The van der Waals surface area contributed by atoms with Crippen molar-refractivity contribution in [3.8, 4) is 0 Å². The Balaban J connectivity index is 2.26. The monoisotopic (exact) mass is 350 g/mol. The molecule has 1 atom stereocenters. The van der Waals surface area contributed by atoms with Gasteiger partial charge in [-0.3, -0.25) is 9.20 Å². The molecule has 2 heterocycles. The molecule has 9 heteroatoms. The van der Waals surface area contributed by atoms with E-state index in [0.717, 1.165) is 0 Å². The second-order valence-electron chi connectivity index (χ2n) is 6.58. The van der Waals surface area contributed by atoms with E-state index >= 15 is 0 Å². The number of rotatable bonds is 4. The number of esters is 1. The van der Waals surface area contributed by atoms with E-state index in [1.807, 2.05) is 0 Å². The minimum absolute atomic E-state index is 0.0975. The zero-order valence-corrected chi connectivity index (χ0v) is 14.9. The van der Waals surface area contributed by atoms with Crippen LogP contribution in [0.1, 0.15) is 26.5 Å². The number of carbonyl (C=O) groups is 2. The molecule has 136 valence electrons. The molecule has 1 N–H and O–H groups in total. The molecule has 0 spiro atoms. The van der Waals surface area contributed by atoms with Crippen molar-refractivity contribution in [3.05, 3.63) is 34.6 Å². The summed E-state index contributed by atoms with van der Waals surface area (Å²) in [7, 11) is 2.86. The summed E-state index contributed by atoms with van der Waals surface area (Å²) in [5, 5.41) is 2.49. The van der Waals surface area contributed by atoms with Gasteiger partial charge in [-0.05, 0) is 20.8 Å². The Morgan fingerprint density at radius 1 is 1.32 bits per heavy atom. The van der Waals surface area contributed by atoms with Crippen molar-refractivity contribution in [2.24, 2.45) is 7.05 Å². The van der Waals surface area contributed by atoms with Crippen LogP contribution in [0.15, 0.2) is 23.4 Å². The molecule has 0 radical (unpaired) electrons. The molecule has 0 saturated heterocycles. The van der Waals surface area contributed by atoms with Crippen LogP contribution in [-0.2, 0) is 27.7 Å². The first-order chi connectivity index (χ1) is 11.6. The van der Waals surface area contributed by atoms with Gasteiger partial charge in [-0.25, -0.2) is 14.6 Å². The number of carbonyl (C=O) groups excluding carboxylic acids is 2. The van der Waals surface area contributed by atoms with E-state index in [1.165, 1.54) is 17.9 Å². The van der Waals surface area contributed by atoms with Gasteiger partial charge in [-0.1, -0.05) is 0 Å². The predicted octanol–water partition coefficient (Wildman–Crippen LogP) is 0.642. The molecule has 2 aromatic rings. The van der Waals surface area contributed by atoms with Crippen molar-refractivity contribution in [2.45, 2.75) is 38.8 Å². The molecular formula is C16H22N4O5. The molecule has 0 aliphatic rings. The Bertz CT molecular complexity index is 846. The van der Waals surface area contributed by atoms with Crippen LogP contribution in [0.4, 0.5) is 4.79 Å². The molecule has 9 nitrogen and oxygen atoms in total. The van der Waals surface area contributed by atoms with Gasteiger partial charge in [0.25, 0.3) is 5.56 Å². The predicted molar refractivity (Wildman–Crippen MR) is 89.3 cm³/mol. The van der Waals surface area contributed by atoms with Gasteiger partial charge in [0.05, 0.1) is 7.11 Å². The third kappa shape index (κ3) is 4.37. The molecule has 0 saturated carbocycles. The first-order valence-electron chi connectivity index (χ1n) is 7.71. The maximum Gasteiger partial charge on any atom is 0.408 e. The lowest BCUT2D eigenvalue weighted by Crippen LogP contribution is -2.45. The number of hydrogen-bond acceptors (Lipinski definition) is 6. The van der Waals surface area contributed by atoms with Crippen LogP contribution in [0.5, 0.6) is 0 Å². The van der Waals surface area contributed by atoms with Crippen molar-refractivity contribution >= 4 is 17.7 Å². The number of hydrogen-bond donors (Lipinski definition) is 1. The maximum absolute atomic E-state index is 12.1. The average molecular weight is 350 g/mol. The smallest absolute Gasteiger partial charge is 0.408 e. The molecular weight excluding hydrogens is 328 g/mol. The number of aromatic nitrogens is 3. The number of nitrogens with zero attached hydrogens (tertiary/aromatic N) is 3. The average Bonchev–Trinajstić information content (AvgIpc) is 2.91. The van der Waals surface area contributed by atoms with E-state index in [2.05, 4.69) is 10.3 Å². The van der Waals surface area contributed by atoms with Crippen LogP contribution in [0.2, 0.25) is 0 Å². The summed E-state index contributed by atoms with van der Waals surface area (Å²) in [5.41, 5.74) is -0.135. The van der Waals surface area contributed by atoms with E-state index in [4.69, 9.17) is 9.47 Å². The first-order valence-corrected chi connectivity index (χ1v) is 7.71. The zero-order chi connectivity index (χ0) is 18.8. The number of methoxy groups -OCH3 is 1. The highest BCUT2D eigenvalue weighted by molar-refractivity contribution is 5.81. The quantitative estimate of drug-likeness (QED) is 0.812. The maximum atomic E-state index is 12.1. The van der Waals surface area contributed by atoms with Crippen LogP contribution in [0.25, 0.3) is 5.65 Å². The molecule has 0 aliphatic heterocycles. The van der Waals surface area contributed by atoms with Crippen LogP contribution >= 0.6 is 0 Å². The van der Waals surface area contributed by atoms with E-state index in [9.17, 15) is 14.4 Å². The third-order valence-corrected chi connectivity index (χ3v) is 3.41. The Kier molecular flexibility index (Phi) is 5.15. The Labute approximate surface area is 144 Å². The lowest BCUT2D eigenvalue weighted by atomic mass is 10.1. The second-order valence-corrected chi connectivity index (χ2v) is 6.58. The SMILES string of the molecule is COC(=O)[C@@H](Cc1cnc2c(=O)n(C)ccn12)NC(=O)OC(C)(C)C. The highest BCUT2D eigenvalue weighted by atomic mass is 16.6. The van der Waals surface area contributed by atoms with Crippen LogP contribution in [0.3, 0.4) is 0 Å². The highest BCUT2D eigenvalue weighted by Gasteiger charge is 2.26. The standard InChI is InChI=1S/C16H22N4O5/c1-16(2,3)25-15(23)18-11(14(22)24-5)8-10-9-17-12-13(21)19(4)6-7-20(10)12/h6-7,9,11H,8H2,1-5H3,(H,18,23)/t11-/m1/s1. The minimum Gasteiger partial charge on any atom is -0.467 e. The number of nitrogens with one attached hydrogen (secondary N) is 1. The number of alkyl carbamates (subject to hydrolysis) is 1. The topological polar surface area (TPSA) is 104 Å². The van der Waals surface area contributed by atoms with Crippen molar-refractivity contribution in [1.82, 2.24) is 19.3 Å². The largest absolute Gasteiger partial charge is 0.467 e.